The second-order valence-electron chi connectivity index (χ2n) is 3.81. The maximum atomic E-state index is 11.9. The number of rotatable bonds is 2. The van der Waals surface area contributed by atoms with Crippen LogP contribution < -0.4 is 0 Å². The lowest BCUT2D eigenvalue weighted by molar-refractivity contribution is 0.0877. The fourth-order valence-corrected chi connectivity index (χ4v) is 1.84. The lowest BCUT2D eigenvalue weighted by Gasteiger charge is -2.05. The van der Waals surface area contributed by atoms with Crippen LogP contribution in [-0.2, 0) is 4.74 Å². The van der Waals surface area contributed by atoms with Crippen molar-refractivity contribution in [1.82, 2.24) is 0 Å². The summed E-state index contributed by atoms with van der Waals surface area (Å²) in [5.74, 6) is 0.280. The second-order valence-corrected chi connectivity index (χ2v) is 3.81. The van der Waals surface area contributed by atoms with Crippen molar-refractivity contribution in [2.24, 2.45) is 5.92 Å². The minimum Gasteiger partial charge on any atom is -0.378 e. The molecule has 1 aliphatic rings. The van der Waals surface area contributed by atoms with Crippen LogP contribution in [0.25, 0.3) is 0 Å². The van der Waals surface area contributed by atoms with Gasteiger partial charge in [0.15, 0.2) is 5.78 Å². The van der Waals surface area contributed by atoms with E-state index in [1.807, 2.05) is 37.3 Å². The van der Waals surface area contributed by atoms with E-state index in [0.29, 0.717) is 6.61 Å². The van der Waals surface area contributed by atoms with Gasteiger partial charge in [-0.15, -0.1) is 0 Å². The van der Waals surface area contributed by atoms with Gasteiger partial charge in [0.2, 0.25) is 0 Å². The highest BCUT2D eigenvalue weighted by Crippen LogP contribution is 2.22. The highest BCUT2D eigenvalue weighted by molar-refractivity contribution is 5.98. The van der Waals surface area contributed by atoms with Crippen molar-refractivity contribution in [2.75, 3.05) is 6.61 Å². The molecule has 2 rings (SSSR count). The number of carbonyl (C=O) groups excluding carboxylic acids is 1. The molecule has 0 bridgehead atoms. The van der Waals surface area contributed by atoms with Crippen molar-refractivity contribution in [2.45, 2.75) is 19.4 Å². The molecule has 14 heavy (non-hydrogen) atoms. The first-order valence-corrected chi connectivity index (χ1v) is 4.98. The van der Waals surface area contributed by atoms with Crippen molar-refractivity contribution in [3.63, 3.8) is 0 Å². The molecule has 2 heteroatoms. The molecule has 0 N–H and O–H groups in total. The van der Waals surface area contributed by atoms with Crippen LogP contribution in [0.2, 0.25) is 0 Å². The molecule has 0 saturated carbocycles. The first kappa shape index (κ1) is 9.41. The van der Waals surface area contributed by atoms with Gasteiger partial charge in [-0.3, -0.25) is 4.79 Å². The Hall–Kier alpha value is -1.15. The van der Waals surface area contributed by atoms with E-state index in [2.05, 4.69) is 0 Å². The number of benzene rings is 1. The molecular weight excluding hydrogens is 176 g/mol. The summed E-state index contributed by atoms with van der Waals surface area (Å²) in [6.07, 6.45) is 1.08. The summed E-state index contributed by atoms with van der Waals surface area (Å²) >= 11 is 0. The van der Waals surface area contributed by atoms with E-state index in [4.69, 9.17) is 4.74 Å². The Balaban J connectivity index is 2.10. The summed E-state index contributed by atoms with van der Waals surface area (Å²) in [6, 6.07) is 9.44. The first-order valence-electron chi connectivity index (χ1n) is 4.98. The summed E-state index contributed by atoms with van der Waals surface area (Å²) < 4.78 is 5.39. The lowest BCUT2D eigenvalue weighted by Crippen LogP contribution is -2.14. The third-order valence-electron chi connectivity index (χ3n) is 2.63. The zero-order valence-corrected chi connectivity index (χ0v) is 8.27. The average molecular weight is 190 g/mol. The molecule has 74 valence electrons. The van der Waals surface area contributed by atoms with Crippen LogP contribution >= 0.6 is 0 Å². The third-order valence-corrected chi connectivity index (χ3v) is 2.63. The summed E-state index contributed by atoms with van der Waals surface area (Å²) in [6.45, 7) is 2.59. The maximum absolute atomic E-state index is 11.9. The molecule has 2 unspecified atom stereocenters. The van der Waals surface area contributed by atoms with Crippen molar-refractivity contribution in [1.29, 1.82) is 0 Å². The molecule has 0 aliphatic carbocycles. The van der Waals surface area contributed by atoms with E-state index in [0.717, 1.165) is 12.0 Å². The maximum Gasteiger partial charge on any atom is 0.168 e. The molecule has 1 saturated heterocycles. The van der Waals surface area contributed by atoms with Gasteiger partial charge >= 0.3 is 0 Å². The Labute approximate surface area is 83.9 Å². The quantitative estimate of drug-likeness (QED) is 0.669. The summed E-state index contributed by atoms with van der Waals surface area (Å²) in [7, 11) is 0. The number of Topliss-reactive ketones (excluding diaryl/α,β-unsaturated/α-hetero) is 1. The van der Waals surface area contributed by atoms with Crippen molar-refractivity contribution >= 4 is 5.78 Å². The van der Waals surface area contributed by atoms with Gasteiger partial charge in [-0.1, -0.05) is 30.3 Å². The van der Waals surface area contributed by atoms with Crippen LogP contribution in [0, 0.1) is 5.92 Å². The molecule has 2 nitrogen and oxygen atoms in total. The Morgan fingerprint density at radius 3 is 2.64 bits per heavy atom. The van der Waals surface area contributed by atoms with E-state index < -0.39 is 0 Å². The lowest BCUT2D eigenvalue weighted by atomic mass is 9.95. The van der Waals surface area contributed by atoms with E-state index in [-0.39, 0.29) is 17.8 Å². The Kier molecular flexibility index (Phi) is 2.64. The Bertz CT molecular complexity index is 318. The first-order chi connectivity index (χ1) is 6.77. The van der Waals surface area contributed by atoms with E-state index in [9.17, 15) is 4.79 Å². The van der Waals surface area contributed by atoms with E-state index in [1.54, 1.807) is 0 Å². The largest absolute Gasteiger partial charge is 0.378 e. The smallest absolute Gasteiger partial charge is 0.168 e. The van der Waals surface area contributed by atoms with Gasteiger partial charge in [0.05, 0.1) is 12.7 Å². The van der Waals surface area contributed by atoms with E-state index >= 15 is 0 Å². The van der Waals surface area contributed by atoms with Crippen molar-refractivity contribution < 1.29 is 9.53 Å². The summed E-state index contributed by atoms with van der Waals surface area (Å²) in [4.78, 5) is 11.9. The number of hydrogen-bond acceptors (Lipinski definition) is 2. The molecule has 1 aromatic carbocycles. The normalized spacial score (nSPS) is 26.4. The Morgan fingerprint density at radius 2 is 2.07 bits per heavy atom. The predicted octanol–water partition coefficient (Wildman–Crippen LogP) is 2.29. The minimum atomic E-state index is 0.0624. The van der Waals surface area contributed by atoms with Crippen LogP contribution in [0.4, 0.5) is 0 Å². The van der Waals surface area contributed by atoms with Gasteiger partial charge < -0.3 is 4.74 Å². The predicted molar refractivity (Wildman–Crippen MR) is 54.3 cm³/mol. The Morgan fingerprint density at radius 1 is 1.36 bits per heavy atom. The molecule has 1 fully saturated rings. The van der Waals surface area contributed by atoms with Crippen LogP contribution in [0.3, 0.4) is 0 Å². The number of ether oxygens (including phenoxy) is 1. The van der Waals surface area contributed by atoms with Crippen LogP contribution in [-0.4, -0.2) is 18.5 Å². The second kappa shape index (κ2) is 3.93. The fourth-order valence-electron chi connectivity index (χ4n) is 1.84. The zero-order chi connectivity index (χ0) is 9.97. The zero-order valence-electron chi connectivity index (χ0n) is 8.27. The van der Waals surface area contributed by atoms with Gasteiger partial charge in [0.1, 0.15) is 0 Å². The fraction of sp³-hybridized carbons (Fsp3) is 0.417. The monoisotopic (exact) mass is 190 g/mol. The topological polar surface area (TPSA) is 26.3 Å². The van der Waals surface area contributed by atoms with E-state index in [1.165, 1.54) is 0 Å². The van der Waals surface area contributed by atoms with Gasteiger partial charge in [-0.2, -0.15) is 0 Å². The third kappa shape index (κ3) is 1.85. The highest BCUT2D eigenvalue weighted by Gasteiger charge is 2.28. The molecule has 1 heterocycles. The van der Waals surface area contributed by atoms with Crippen molar-refractivity contribution in [3.8, 4) is 0 Å². The molecule has 1 aromatic rings. The molecule has 0 radical (unpaired) electrons. The number of carbonyl (C=O) groups is 1. The standard InChI is InChI=1S/C12H14O2/c1-9-7-11(8-14-9)12(13)10-5-3-2-4-6-10/h2-6,9,11H,7-8H2,1H3. The van der Waals surface area contributed by atoms with Gasteiger partial charge in [-0.05, 0) is 13.3 Å². The number of hydrogen-bond donors (Lipinski definition) is 0. The molecule has 0 spiro atoms. The van der Waals surface area contributed by atoms with Gasteiger partial charge in [0.25, 0.3) is 0 Å². The number of ketones is 1. The summed E-state index contributed by atoms with van der Waals surface area (Å²) in [5, 5.41) is 0. The minimum absolute atomic E-state index is 0.0624. The molecule has 0 aromatic heterocycles. The van der Waals surface area contributed by atoms with Gasteiger partial charge in [0, 0.05) is 11.5 Å². The molecular formula is C12H14O2. The molecule has 1 aliphatic heterocycles. The average Bonchev–Trinajstić information content (AvgIpc) is 2.65. The van der Waals surface area contributed by atoms with Crippen LogP contribution in [0.5, 0.6) is 0 Å². The highest BCUT2D eigenvalue weighted by atomic mass is 16.5. The molecule has 0 amide bonds. The SMILES string of the molecule is CC1CC(C(=O)c2ccccc2)CO1. The van der Waals surface area contributed by atoms with Crippen molar-refractivity contribution in [3.05, 3.63) is 35.9 Å². The summed E-state index contributed by atoms with van der Waals surface area (Å²) in [5.41, 5.74) is 0.801. The van der Waals surface area contributed by atoms with Crippen LogP contribution in [0.1, 0.15) is 23.7 Å². The van der Waals surface area contributed by atoms with Crippen LogP contribution in [0.15, 0.2) is 30.3 Å². The molecule has 2 atom stereocenters. The van der Waals surface area contributed by atoms with Gasteiger partial charge in [-0.25, -0.2) is 0 Å².